The van der Waals surface area contributed by atoms with Crippen molar-refractivity contribution in [3.63, 3.8) is 0 Å². The van der Waals surface area contributed by atoms with Gasteiger partial charge in [0.15, 0.2) is 5.11 Å². The maximum atomic E-state index is 13.1. The molecule has 8 heteroatoms. The summed E-state index contributed by atoms with van der Waals surface area (Å²) in [6.07, 6.45) is 0.891. The van der Waals surface area contributed by atoms with E-state index in [4.69, 9.17) is 28.6 Å². The monoisotopic (exact) mass is 444 g/mol. The van der Waals surface area contributed by atoms with Gasteiger partial charge in [0.1, 0.15) is 11.6 Å². The minimum Gasteiger partial charge on any atom is -0.492 e. The quantitative estimate of drug-likeness (QED) is 0.624. The highest BCUT2D eigenvalue weighted by atomic mass is 79.9. The number of hydrogen-bond donors (Lipinski definition) is 2. The summed E-state index contributed by atoms with van der Waals surface area (Å²) in [7, 11) is 0. The van der Waals surface area contributed by atoms with Crippen LogP contribution in [0.2, 0.25) is 5.02 Å². The van der Waals surface area contributed by atoms with Gasteiger partial charge in [-0.05, 0) is 71.0 Å². The van der Waals surface area contributed by atoms with E-state index >= 15 is 0 Å². The molecule has 2 aromatic carbocycles. The maximum absolute atomic E-state index is 13.1. The molecule has 0 aliphatic rings. The summed E-state index contributed by atoms with van der Waals surface area (Å²) in [5.41, 5.74) is 0.887. The van der Waals surface area contributed by atoms with Gasteiger partial charge in [-0.1, -0.05) is 18.5 Å². The van der Waals surface area contributed by atoms with Crippen LogP contribution in [0.25, 0.3) is 0 Å². The molecule has 0 heterocycles. The summed E-state index contributed by atoms with van der Waals surface area (Å²) in [5, 5.41) is 5.37. The molecule has 132 valence electrons. The van der Waals surface area contributed by atoms with Crippen LogP contribution >= 0.6 is 39.7 Å². The van der Waals surface area contributed by atoms with Crippen LogP contribution in [0.5, 0.6) is 5.75 Å². The summed E-state index contributed by atoms with van der Waals surface area (Å²) in [4.78, 5) is 12.3. The van der Waals surface area contributed by atoms with Crippen molar-refractivity contribution in [2.45, 2.75) is 13.3 Å². The lowest BCUT2D eigenvalue weighted by Crippen LogP contribution is -2.34. The topological polar surface area (TPSA) is 50.4 Å². The lowest BCUT2D eigenvalue weighted by Gasteiger charge is -2.11. The summed E-state index contributed by atoms with van der Waals surface area (Å²) in [5.74, 6) is -0.245. The predicted molar refractivity (Wildman–Crippen MR) is 105 cm³/mol. The molecule has 0 aliphatic carbocycles. The van der Waals surface area contributed by atoms with Crippen LogP contribution in [0.4, 0.5) is 10.1 Å². The molecule has 1 amide bonds. The van der Waals surface area contributed by atoms with Gasteiger partial charge in [0.2, 0.25) is 0 Å². The molecular formula is C17H15BrClFN2O2S. The average Bonchev–Trinajstić information content (AvgIpc) is 2.57. The van der Waals surface area contributed by atoms with Gasteiger partial charge < -0.3 is 10.1 Å². The third-order valence-electron chi connectivity index (χ3n) is 3.06. The summed E-state index contributed by atoms with van der Waals surface area (Å²) >= 11 is 14.2. The van der Waals surface area contributed by atoms with E-state index in [1.54, 1.807) is 18.2 Å². The number of ether oxygens (including phenoxy) is 1. The van der Waals surface area contributed by atoms with E-state index in [2.05, 4.69) is 26.6 Å². The molecule has 0 atom stereocenters. The third kappa shape index (κ3) is 5.66. The Morgan fingerprint density at radius 2 is 2.08 bits per heavy atom. The van der Waals surface area contributed by atoms with Crippen LogP contribution in [0.1, 0.15) is 23.7 Å². The molecule has 0 aromatic heterocycles. The zero-order valence-electron chi connectivity index (χ0n) is 13.2. The maximum Gasteiger partial charge on any atom is 0.257 e. The van der Waals surface area contributed by atoms with Crippen LogP contribution in [-0.4, -0.2) is 17.6 Å². The highest BCUT2D eigenvalue weighted by Crippen LogP contribution is 2.26. The van der Waals surface area contributed by atoms with E-state index in [-0.39, 0.29) is 16.0 Å². The fraction of sp³-hybridized carbons (Fsp3) is 0.176. The fourth-order valence-electron chi connectivity index (χ4n) is 1.88. The van der Waals surface area contributed by atoms with Gasteiger partial charge in [-0.3, -0.25) is 10.1 Å². The fourth-order valence-corrected chi connectivity index (χ4v) is 2.77. The Morgan fingerprint density at radius 1 is 1.32 bits per heavy atom. The summed E-state index contributed by atoms with van der Waals surface area (Å²) in [6.45, 7) is 2.61. The molecule has 0 fully saturated rings. The summed E-state index contributed by atoms with van der Waals surface area (Å²) < 4.78 is 19.4. The number of halogens is 3. The van der Waals surface area contributed by atoms with E-state index in [9.17, 15) is 9.18 Å². The standard InChI is InChI=1S/C17H15BrClFN2O2S/c1-2-7-24-15-6-3-10(8-12(15)18)16(23)22-17(25)21-11-4-5-14(20)13(19)9-11/h3-6,8-9H,2,7H2,1H3,(H2,21,22,23,25). The van der Waals surface area contributed by atoms with Gasteiger partial charge in [-0.2, -0.15) is 0 Å². The van der Waals surface area contributed by atoms with E-state index in [1.807, 2.05) is 6.92 Å². The second-order valence-corrected chi connectivity index (χ2v) is 6.70. The van der Waals surface area contributed by atoms with Gasteiger partial charge >= 0.3 is 0 Å². The van der Waals surface area contributed by atoms with Gasteiger partial charge in [-0.15, -0.1) is 0 Å². The molecule has 0 radical (unpaired) electrons. The zero-order chi connectivity index (χ0) is 18.4. The number of amides is 1. The Morgan fingerprint density at radius 3 is 2.72 bits per heavy atom. The Balaban J connectivity index is 1.99. The largest absolute Gasteiger partial charge is 0.492 e. The van der Waals surface area contributed by atoms with Crippen molar-refractivity contribution < 1.29 is 13.9 Å². The molecule has 2 N–H and O–H groups in total. The van der Waals surface area contributed by atoms with E-state index < -0.39 is 5.82 Å². The van der Waals surface area contributed by atoms with Gasteiger partial charge in [-0.25, -0.2) is 4.39 Å². The van der Waals surface area contributed by atoms with Gasteiger partial charge in [0, 0.05) is 11.3 Å². The molecule has 0 saturated heterocycles. The molecule has 25 heavy (non-hydrogen) atoms. The van der Waals surface area contributed by atoms with Gasteiger partial charge in [0.05, 0.1) is 16.1 Å². The van der Waals surface area contributed by atoms with Crippen LogP contribution in [-0.2, 0) is 0 Å². The second kappa shape index (κ2) is 9.12. The number of anilines is 1. The first kappa shape index (κ1) is 19.6. The highest BCUT2D eigenvalue weighted by molar-refractivity contribution is 9.10. The molecule has 4 nitrogen and oxygen atoms in total. The number of thiocarbonyl (C=S) groups is 1. The Kier molecular flexibility index (Phi) is 7.16. The molecule has 0 bridgehead atoms. The number of rotatable bonds is 5. The minimum absolute atomic E-state index is 0.0364. The first-order valence-corrected chi connectivity index (χ1v) is 8.98. The van der Waals surface area contributed by atoms with Crippen LogP contribution in [0.15, 0.2) is 40.9 Å². The van der Waals surface area contributed by atoms with Crippen molar-refractivity contribution in [1.82, 2.24) is 5.32 Å². The molecule has 0 aliphatic heterocycles. The molecule has 0 spiro atoms. The number of carbonyl (C=O) groups is 1. The first-order valence-electron chi connectivity index (χ1n) is 7.40. The Labute approximate surface area is 163 Å². The van der Waals surface area contributed by atoms with E-state index in [0.717, 1.165) is 6.42 Å². The lowest BCUT2D eigenvalue weighted by atomic mass is 10.2. The number of carbonyl (C=O) groups excluding carboxylic acids is 1. The van der Waals surface area contributed by atoms with Crippen molar-refractivity contribution in [2.24, 2.45) is 0 Å². The van der Waals surface area contributed by atoms with Crippen molar-refractivity contribution in [3.8, 4) is 5.75 Å². The van der Waals surface area contributed by atoms with Crippen molar-refractivity contribution in [2.75, 3.05) is 11.9 Å². The van der Waals surface area contributed by atoms with Gasteiger partial charge in [0.25, 0.3) is 5.91 Å². The van der Waals surface area contributed by atoms with Crippen LogP contribution in [0.3, 0.4) is 0 Å². The minimum atomic E-state index is -0.530. The third-order valence-corrected chi connectivity index (χ3v) is 4.17. The SMILES string of the molecule is CCCOc1ccc(C(=O)NC(=S)Nc2ccc(F)c(Cl)c2)cc1Br. The Hall–Kier alpha value is -1.70. The smallest absolute Gasteiger partial charge is 0.257 e. The summed E-state index contributed by atoms with van der Waals surface area (Å²) in [6, 6.07) is 9.06. The molecule has 0 saturated carbocycles. The van der Waals surface area contributed by atoms with Crippen molar-refractivity contribution in [1.29, 1.82) is 0 Å². The highest BCUT2D eigenvalue weighted by Gasteiger charge is 2.11. The molecule has 0 unspecified atom stereocenters. The van der Waals surface area contributed by atoms with Crippen molar-refractivity contribution in [3.05, 3.63) is 57.3 Å². The Bertz CT molecular complexity index is 804. The van der Waals surface area contributed by atoms with Crippen LogP contribution in [0, 0.1) is 5.82 Å². The van der Waals surface area contributed by atoms with Crippen molar-refractivity contribution >= 4 is 56.5 Å². The molecule has 2 aromatic rings. The second-order valence-electron chi connectivity index (χ2n) is 5.03. The first-order chi connectivity index (χ1) is 11.9. The number of hydrogen-bond acceptors (Lipinski definition) is 3. The zero-order valence-corrected chi connectivity index (χ0v) is 16.4. The lowest BCUT2D eigenvalue weighted by molar-refractivity contribution is 0.0977. The number of benzene rings is 2. The van der Waals surface area contributed by atoms with E-state index in [1.165, 1.54) is 18.2 Å². The normalized spacial score (nSPS) is 10.2. The molecule has 2 rings (SSSR count). The number of nitrogens with one attached hydrogen (secondary N) is 2. The molecular weight excluding hydrogens is 431 g/mol. The average molecular weight is 446 g/mol. The van der Waals surface area contributed by atoms with Crippen LogP contribution < -0.4 is 15.4 Å². The van der Waals surface area contributed by atoms with E-state index in [0.29, 0.717) is 28.1 Å². The predicted octanol–water partition coefficient (Wildman–Crippen LogP) is 5.16.